The van der Waals surface area contributed by atoms with E-state index in [4.69, 9.17) is 8.83 Å². The molecule has 0 aliphatic heterocycles. The van der Waals surface area contributed by atoms with Gasteiger partial charge in [0.15, 0.2) is 22.9 Å². The van der Waals surface area contributed by atoms with Crippen LogP contribution in [0.3, 0.4) is 0 Å². The summed E-state index contributed by atoms with van der Waals surface area (Å²) in [4.78, 5) is 0. The highest BCUT2D eigenvalue weighted by atomic mass is 16.3. The second-order valence-electron chi connectivity index (χ2n) is 8.21. The second kappa shape index (κ2) is 5.76. The monoisotopic (exact) mass is 403 g/mol. The number of fused-ring (bicyclic) bond motifs is 8. The Morgan fingerprint density at radius 2 is 1.52 bits per heavy atom. The molecule has 4 aromatic carbocycles. The van der Waals surface area contributed by atoms with Crippen LogP contribution in [0.4, 0.5) is 0 Å². The molecule has 0 saturated carbocycles. The first-order valence-electron chi connectivity index (χ1n) is 10.4. The van der Waals surface area contributed by atoms with Gasteiger partial charge in [0, 0.05) is 16.2 Å². The first-order chi connectivity index (χ1) is 15.2. The Labute approximate surface area is 177 Å². The van der Waals surface area contributed by atoms with Gasteiger partial charge in [-0.3, -0.25) is 0 Å². The van der Waals surface area contributed by atoms with E-state index in [1.165, 1.54) is 5.39 Å². The molecule has 7 rings (SSSR count). The summed E-state index contributed by atoms with van der Waals surface area (Å²) >= 11 is 0. The quantitative estimate of drug-likeness (QED) is 0.292. The molecule has 0 saturated heterocycles. The Kier molecular flexibility index (Phi) is 3.11. The Morgan fingerprint density at radius 1 is 0.742 bits per heavy atom. The van der Waals surface area contributed by atoms with Crippen molar-refractivity contribution >= 4 is 49.5 Å². The van der Waals surface area contributed by atoms with Gasteiger partial charge in [0.2, 0.25) is 0 Å². The summed E-state index contributed by atoms with van der Waals surface area (Å²) in [5.74, 6) is 1.05. The van der Waals surface area contributed by atoms with Crippen LogP contribution in [0, 0.1) is 6.92 Å². The van der Waals surface area contributed by atoms with Crippen LogP contribution in [0.5, 0.6) is 0 Å². The van der Waals surface area contributed by atoms with Gasteiger partial charge in [-0.2, -0.15) is 4.40 Å². The topological polar surface area (TPSA) is 34.6 Å². The summed E-state index contributed by atoms with van der Waals surface area (Å²) in [6, 6.07) is 25.2. The number of furan rings is 1. The normalized spacial score (nSPS) is 12.2. The highest BCUT2D eigenvalue weighted by molar-refractivity contribution is 6.17. The van der Waals surface area contributed by atoms with E-state index < -0.39 is 0 Å². The fourth-order valence-electron chi connectivity index (χ4n) is 4.92. The van der Waals surface area contributed by atoms with E-state index in [1.807, 2.05) is 24.4 Å². The van der Waals surface area contributed by atoms with Crippen molar-refractivity contribution in [3.8, 4) is 11.4 Å². The zero-order valence-electron chi connectivity index (χ0n) is 17.2. The number of hydrogen-bond acceptors (Lipinski definition) is 2. The molecule has 3 heterocycles. The lowest BCUT2D eigenvalue weighted by Crippen LogP contribution is -2.28. The first kappa shape index (κ1) is 16.7. The molecule has 0 fully saturated rings. The van der Waals surface area contributed by atoms with Gasteiger partial charge < -0.3 is 8.83 Å². The zero-order chi connectivity index (χ0) is 20.7. The van der Waals surface area contributed by atoms with Gasteiger partial charge in [-0.05, 0) is 36.1 Å². The molecule has 3 aromatic heterocycles. The molecule has 0 unspecified atom stereocenters. The van der Waals surface area contributed by atoms with E-state index >= 15 is 0 Å². The minimum Gasteiger partial charge on any atom is -0.454 e. The van der Waals surface area contributed by atoms with Gasteiger partial charge >= 0.3 is 11.5 Å². The highest BCUT2D eigenvalue weighted by Gasteiger charge is 2.29. The molecule has 0 spiro atoms. The Hall–Kier alpha value is -4.05. The molecular weight excluding hydrogens is 384 g/mol. The van der Waals surface area contributed by atoms with Crippen molar-refractivity contribution in [2.75, 3.05) is 0 Å². The number of aromatic nitrogens is 2. The van der Waals surface area contributed by atoms with Crippen LogP contribution in [0.2, 0.25) is 0 Å². The molecule has 0 radical (unpaired) electrons. The molecule has 0 amide bonds. The highest BCUT2D eigenvalue weighted by Crippen LogP contribution is 2.40. The van der Waals surface area contributed by atoms with Gasteiger partial charge in [0.25, 0.3) is 0 Å². The number of nitrogens with zero attached hydrogens (tertiary/aromatic N) is 2. The molecule has 0 aliphatic carbocycles. The number of imidazole rings is 1. The van der Waals surface area contributed by atoms with Gasteiger partial charge in [-0.1, -0.05) is 54.6 Å². The predicted molar refractivity (Wildman–Crippen MR) is 123 cm³/mol. The summed E-state index contributed by atoms with van der Waals surface area (Å²) in [6.07, 6.45) is 2.03. The maximum absolute atomic E-state index is 6.64. The maximum Gasteiger partial charge on any atom is 0.336 e. The van der Waals surface area contributed by atoms with Crippen LogP contribution < -0.4 is 4.57 Å². The third-order valence-corrected chi connectivity index (χ3v) is 6.35. The SMILES string of the molecule is Cc1ccc2c(oc3c4ccccc4ccc23)c1-c1n2c(c[n+]1C)oc1ccccc12. The fourth-order valence-corrected chi connectivity index (χ4v) is 4.92. The lowest BCUT2D eigenvalue weighted by Gasteiger charge is -2.03. The molecular formula is C27H19N2O2+. The lowest BCUT2D eigenvalue weighted by molar-refractivity contribution is -0.658. The molecule has 4 nitrogen and oxygen atoms in total. The molecule has 0 atom stereocenters. The minimum absolute atomic E-state index is 0.816. The standard InChI is InChI=1S/C27H19N2O2/c1-16-11-13-20-19-14-12-17-7-3-4-8-18(17)25(19)31-26(20)24(16)27-28(2)15-23-29(27)21-9-5-6-10-22(21)30-23/h3-15H,1-2H3/q+1. The summed E-state index contributed by atoms with van der Waals surface area (Å²) in [6.45, 7) is 2.14. The third kappa shape index (κ3) is 2.11. The average molecular weight is 403 g/mol. The molecule has 31 heavy (non-hydrogen) atoms. The van der Waals surface area contributed by atoms with Crippen molar-refractivity contribution in [1.29, 1.82) is 0 Å². The average Bonchev–Trinajstić information content (AvgIpc) is 3.43. The molecule has 0 aliphatic rings. The number of oxazole rings is 1. The van der Waals surface area contributed by atoms with Gasteiger partial charge in [-0.15, -0.1) is 0 Å². The van der Waals surface area contributed by atoms with Crippen LogP contribution in [0.25, 0.3) is 60.9 Å². The van der Waals surface area contributed by atoms with Crippen molar-refractivity contribution in [3.63, 3.8) is 0 Å². The fraction of sp³-hybridized carbons (Fsp3) is 0.0741. The largest absolute Gasteiger partial charge is 0.454 e. The van der Waals surface area contributed by atoms with E-state index in [1.54, 1.807) is 0 Å². The van der Waals surface area contributed by atoms with Crippen molar-refractivity contribution in [2.24, 2.45) is 7.05 Å². The molecule has 0 bridgehead atoms. The predicted octanol–water partition coefficient (Wildman–Crippen LogP) is 6.54. The van der Waals surface area contributed by atoms with Crippen LogP contribution in [-0.2, 0) is 7.05 Å². The van der Waals surface area contributed by atoms with E-state index in [0.29, 0.717) is 0 Å². The summed E-state index contributed by atoms with van der Waals surface area (Å²) in [5, 5.41) is 4.59. The van der Waals surface area contributed by atoms with Crippen LogP contribution in [0.15, 0.2) is 87.8 Å². The van der Waals surface area contributed by atoms with E-state index in [0.717, 1.165) is 61.1 Å². The van der Waals surface area contributed by atoms with E-state index in [2.05, 4.69) is 77.5 Å². The molecule has 4 heteroatoms. The Balaban J connectivity index is 1.68. The van der Waals surface area contributed by atoms with Crippen LogP contribution in [0.1, 0.15) is 5.56 Å². The Morgan fingerprint density at radius 3 is 2.45 bits per heavy atom. The molecule has 7 aromatic rings. The number of rotatable bonds is 1. The number of aryl methyl sites for hydroxylation is 2. The smallest absolute Gasteiger partial charge is 0.336 e. The molecule has 0 N–H and O–H groups in total. The van der Waals surface area contributed by atoms with E-state index in [-0.39, 0.29) is 0 Å². The van der Waals surface area contributed by atoms with Crippen LogP contribution in [-0.4, -0.2) is 4.40 Å². The van der Waals surface area contributed by atoms with Crippen molar-refractivity contribution in [1.82, 2.24) is 4.40 Å². The zero-order valence-corrected chi connectivity index (χ0v) is 17.2. The summed E-state index contributed by atoms with van der Waals surface area (Å²) < 4.78 is 17.1. The van der Waals surface area contributed by atoms with Crippen molar-refractivity contribution in [3.05, 3.63) is 84.6 Å². The number of para-hydroxylation sites is 2. The first-order valence-corrected chi connectivity index (χ1v) is 10.4. The lowest BCUT2D eigenvalue weighted by atomic mass is 10.0. The van der Waals surface area contributed by atoms with Gasteiger partial charge in [-0.25, -0.2) is 4.57 Å². The maximum atomic E-state index is 6.64. The molecule has 148 valence electrons. The van der Waals surface area contributed by atoms with Gasteiger partial charge in [0.1, 0.15) is 11.1 Å². The second-order valence-corrected chi connectivity index (χ2v) is 8.21. The Bertz CT molecular complexity index is 1810. The van der Waals surface area contributed by atoms with Crippen molar-refractivity contribution < 1.29 is 13.4 Å². The summed E-state index contributed by atoms with van der Waals surface area (Å²) in [5.41, 5.74) is 6.84. The minimum atomic E-state index is 0.816. The number of hydrogen-bond donors (Lipinski definition) is 0. The summed E-state index contributed by atoms with van der Waals surface area (Å²) in [7, 11) is 2.06. The van der Waals surface area contributed by atoms with Gasteiger partial charge in [0.05, 0.1) is 7.05 Å². The van der Waals surface area contributed by atoms with Crippen molar-refractivity contribution in [2.45, 2.75) is 6.92 Å². The van der Waals surface area contributed by atoms with E-state index in [9.17, 15) is 0 Å². The third-order valence-electron chi connectivity index (χ3n) is 6.35. The number of benzene rings is 4. The van der Waals surface area contributed by atoms with Crippen LogP contribution >= 0.6 is 0 Å².